The molecule has 2 aromatic carbocycles. The van der Waals surface area contributed by atoms with Crippen molar-refractivity contribution in [2.75, 3.05) is 19.0 Å². The number of anilines is 1. The standard InChI is InChI=1S/C28H23ClF2N6O5/c1-42-28(41)14-7-8-20-17(10-14)25(26(32)39)35-37(20)13-22(38)36-12-15(30)11-21(36)27(40)34-19-6-2-4-16(23(19)31)24-18(29)5-3-9-33-24/h2-10,15,21H,11-13H2,1H3,(H2,32,39)(H,34,40). The number of esters is 1. The number of benzene rings is 2. The Morgan fingerprint density at radius 3 is 2.67 bits per heavy atom. The van der Waals surface area contributed by atoms with Gasteiger partial charge in [0.1, 0.15) is 18.8 Å². The van der Waals surface area contributed by atoms with Gasteiger partial charge < -0.3 is 20.7 Å². The Hall–Kier alpha value is -4.91. The molecule has 2 atom stereocenters. The first kappa shape index (κ1) is 28.6. The van der Waals surface area contributed by atoms with E-state index in [2.05, 4.69) is 15.4 Å². The summed E-state index contributed by atoms with van der Waals surface area (Å²) in [6, 6.07) is 10.4. The Labute approximate surface area is 242 Å². The maximum absolute atomic E-state index is 15.4. The molecule has 0 aliphatic carbocycles. The van der Waals surface area contributed by atoms with Gasteiger partial charge in [-0.1, -0.05) is 17.7 Å². The molecule has 1 aliphatic heterocycles. The van der Waals surface area contributed by atoms with Gasteiger partial charge in [-0.2, -0.15) is 5.10 Å². The van der Waals surface area contributed by atoms with Crippen molar-refractivity contribution >= 4 is 51.9 Å². The smallest absolute Gasteiger partial charge is 0.337 e. The number of nitrogens with zero attached hydrogens (tertiary/aromatic N) is 4. The van der Waals surface area contributed by atoms with Crippen LogP contribution in [0.1, 0.15) is 27.3 Å². The highest BCUT2D eigenvalue weighted by Gasteiger charge is 2.40. The van der Waals surface area contributed by atoms with Crippen molar-refractivity contribution in [1.29, 1.82) is 0 Å². The van der Waals surface area contributed by atoms with E-state index in [9.17, 15) is 23.6 Å². The van der Waals surface area contributed by atoms with E-state index in [-0.39, 0.29) is 51.6 Å². The first-order valence-corrected chi connectivity index (χ1v) is 13.0. The third kappa shape index (κ3) is 5.38. The third-order valence-electron chi connectivity index (χ3n) is 6.83. The molecule has 1 fully saturated rings. The van der Waals surface area contributed by atoms with Gasteiger partial charge in [0.15, 0.2) is 11.5 Å². The fourth-order valence-corrected chi connectivity index (χ4v) is 5.09. The number of carbonyl (C=O) groups is 4. The molecule has 11 nitrogen and oxygen atoms in total. The van der Waals surface area contributed by atoms with E-state index in [1.54, 1.807) is 12.1 Å². The van der Waals surface area contributed by atoms with Gasteiger partial charge in [-0.15, -0.1) is 0 Å². The van der Waals surface area contributed by atoms with Crippen LogP contribution < -0.4 is 11.1 Å². The quantitative estimate of drug-likeness (QED) is 0.311. The van der Waals surface area contributed by atoms with Crippen molar-refractivity contribution < 1.29 is 32.7 Å². The number of likely N-dealkylation sites (tertiary alicyclic amines) is 1. The molecule has 3 amide bonds. The van der Waals surface area contributed by atoms with Gasteiger partial charge in [0, 0.05) is 23.6 Å². The number of carbonyl (C=O) groups excluding carboxylic acids is 4. The Balaban J connectivity index is 1.39. The van der Waals surface area contributed by atoms with Crippen LogP contribution in [0, 0.1) is 5.82 Å². The first-order valence-electron chi connectivity index (χ1n) is 12.6. The number of amides is 3. The molecule has 42 heavy (non-hydrogen) atoms. The molecule has 0 bridgehead atoms. The van der Waals surface area contributed by atoms with Gasteiger partial charge in [-0.3, -0.25) is 24.0 Å². The lowest BCUT2D eigenvalue weighted by Gasteiger charge is -2.24. The first-order chi connectivity index (χ1) is 20.1. The molecule has 5 rings (SSSR count). The molecule has 1 saturated heterocycles. The number of ether oxygens (including phenoxy) is 1. The summed E-state index contributed by atoms with van der Waals surface area (Å²) in [6.07, 6.45) is -0.367. The predicted octanol–water partition coefficient (Wildman–Crippen LogP) is 3.35. The molecule has 3 heterocycles. The highest BCUT2D eigenvalue weighted by Crippen LogP contribution is 2.32. The second-order valence-electron chi connectivity index (χ2n) is 9.48. The van der Waals surface area contributed by atoms with Crippen molar-refractivity contribution in [2.24, 2.45) is 5.73 Å². The molecule has 0 saturated carbocycles. The zero-order valence-corrected chi connectivity index (χ0v) is 22.8. The number of halogens is 3. The van der Waals surface area contributed by atoms with Crippen molar-refractivity contribution in [3.05, 3.63) is 76.8 Å². The van der Waals surface area contributed by atoms with E-state index >= 15 is 4.39 Å². The Morgan fingerprint density at radius 2 is 1.95 bits per heavy atom. The van der Waals surface area contributed by atoms with Crippen molar-refractivity contribution in [3.63, 3.8) is 0 Å². The molecule has 2 unspecified atom stereocenters. The normalized spacial score (nSPS) is 16.4. The molecule has 1 aliphatic rings. The number of alkyl halides is 1. The van der Waals surface area contributed by atoms with Crippen LogP contribution in [0.5, 0.6) is 0 Å². The lowest BCUT2D eigenvalue weighted by Crippen LogP contribution is -2.44. The number of nitrogens with one attached hydrogen (secondary N) is 1. The SMILES string of the molecule is COC(=O)c1ccc2c(c1)c(C(N)=O)nn2CC(=O)N1CC(F)CC1C(=O)Nc1cccc(-c2ncccc2Cl)c1F. The maximum atomic E-state index is 15.4. The summed E-state index contributed by atoms with van der Waals surface area (Å²) < 4.78 is 35.8. The molecule has 0 radical (unpaired) electrons. The minimum absolute atomic E-state index is 0.0484. The van der Waals surface area contributed by atoms with Crippen molar-refractivity contribution in [1.82, 2.24) is 19.7 Å². The highest BCUT2D eigenvalue weighted by atomic mass is 35.5. The third-order valence-corrected chi connectivity index (χ3v) is 7.14. The molecule has 4 aromatic rings. The summed E-state index contributed by atoms with van der Waals surface area (Å²) in [6.45, 7) is -0.850. The van der Waals surface area contributed by atoms with Crippen LogP contribution in [0.2, 0.25) is 5.02 Å². The second kappa shape index (κ2) is 11.5. The summed E-state index contributed by atoms with van der Waals surface area (Å²) in [5.41, 5.74) is 5.73. The average Bonchev–Trinajstić information content (AvgIpc) is 3.54. The van der Waals surface area contributed by atoms with E-state index in [1.165, 1.54) is 54.4 Å². The van der Waals surface area contributed by atoms with E-state index in [0.29, 0.717) is 5.52 Å². The number of hydrogen-bond acceptors (Lipinski definition) is 7. The molecule has 216 valence electrons. The number of aromatic nitrogens is 3. The number of rotatable bonds is 7. The minimum Gasteiger partial charge on any atom is -0.465 e. The summed E-state index contributed by atoms with van der Waals surface area (Å²) in [5.74, 6) is -3.82. The van der Waals surface area contributed by atoms with Crippen LogP contribution in [0.15, 0.2) is 54.7 Å². The maximum Gasteiger partial charge on any atom is 0.337 e. The van der Waals surface area contributed by atoms with E-state index in [0.717, 1.165) is 4.90 Å². The number of nitrogens with two attached hydrogens (primary N) is 1. The van der Waals surface area contributed by atoms with Crippen molar-refractivity contribution in [3.8, 4) is 11.3 Å². The monoisotopic (exact) mass is 596 g/mol. The Kier molecular flexibility index (Phi) is 7.85. The number of pyridine rings is 1. The molecular formula is C28H23ClF2N6O5. The fourth-order valence-electron chi connectivity index (χ4n) is 4.87. The van der Waals surface area contributed by atoms with E-state index in [1.807, 2.05) is 0 Å². The Bertz CT molecular complexity index is 1750. The van der Waals surface area contributed by atoms with E-state index < -0.39 is 48.3 Å². The second-order valence-corrected chi connectivity index (χ2v) is 9.89. The Morgan fingerprint density at radius 1 is 1.17 bits per heavy atom. The number of fused-ring (bicyclic) bond motifs is 1. The topological polar surface area (TPSA) is 150 Å². The summed E-state index contributed by atoms with van der Waals surface area (Å²) in [7, 11) is 1.20. The van der Waals surface area contributed by atoms with Crippen molar-refractivity contribution in [2.45, 2.75) is 25.2 Å². The number of hydrogen-bond donors (Lipinski definition) is 2. The van der Waals surface area contributed by atoms with Crippen LogP contribution >= 0.6 is 11.6 Å². The van der Waals surface area contributed by atoms with Gasteiger partial charge in [0.05, 0.1) is 41.1 Å². The number of methoxy groups -OCH3 is 1. The predicted molar refractivity (Wildman–Crippen MR) is 148 cm³/mol. The molecule has 0 spiro atoms. The van der Waals surface area contributed by atoms with E-state index in [4.69, 9.17) is 22.1 Å². The van der Waals surface area contributed by atoms with Gasteiger partial charge in [-0.25, -0.2) is 13.6 Å². The minimum atomic E-state index is -1.51. The van der Waals surface area contributed by atoms with Gasteiger partial charge in [-0.05, 0) is 42.5 Å². The van der Waals surface area contributed by atoms with Gasteiger partial charge >= 0.3 is 5.97 Å². The summed E-state index contributed by atoms with van der Waals surface area (Å²) in [4.78, 5) is 55.7. The average molecular weight is 597 g/mol. The van der Waals surface area contributed by atoms with Gasteiger partial charge in [0.25, 0.3) is 5.91 Å². The fraction of sp³-hybridized carbons (Fsp3) is 0.214. The van der Waals surface area contributed by atoms with Crippen LogP contribution in [0.4, 0.5) is 14.5 Å². The summed E-state index contributed by atoms with van der Waals surface area (Å²) in [5, 5.41) is 6.99. The zero-order valence-electron chi connectivity index (χ0n) is 22.0. The molecule has 2 aromatic heterocycles. The zero-order chi connectivity index (χ0) is 30.1. The lowest BCUT2D eigenvalue weighted by atomic mass is 10.1. The molecular weight excluding hydrogens is 574 g/mol. The molecule has 14 heteroatoms. The lowest BCUT2D eigenvalue weighted by molar-refractivity contribution is -0.137. The largest absolute Gasteiger partial charge is 0.465 e. The number of primary amides is 1. The highest BCUT2D eigenvalue weighted by molar-refractivity contribution is 6.33. The van der Waals surface area contributed by atoms with Crippen LogP contribution in [-0.4, -0.2) is 69.2 Å². The molecule has 3 N–H and O–H groups in total. The van der Waals surface area contributed by atoms with Crippen LogP contribution in [0.25, 0.3) is 22.2 Å². The van der Waals surface area contributed by atoms with Gasteiger partial charge in [0.2, 0.25) is 11.8 Å². The van der Waals surface area contributed by atoms with Crippen LogP contribution in [0.3, 0.4) is 0 Å². The van der Waals surface area contributed by atoms with Crippen LogP contribution in [-0.2, 0) is 20.9 Å². The summed E-state index contributed by atoms with van der Waals surface area (Å²) >= 11 is 6.16.